The zero-order valence-corrected chi connectivity index (χ0v) is 5.51. The molecular weight excluding hydrogens is 110 g/mol. The largest absolute Gasteiger partial charge is 0.198 e. The summed E-state index contributed by atoms with van der Waals surface area (Å²) in [7, 11) is 0. The van der Waals surface area contributed by atoms with Gasteiger partial charge in [-0.15, -0.1) is 0 Å². The molecule has 48 valence electrons. The molecule has 0 aliphatic heterocycles. The van der Waals surface area contributed by atoms with Crippen LogP contribution in [-0.2, 0) is 0 Å². The molecule has 0 aromatic rings. The van der Waals surface area contributed by atoms with E-state index in [1.807, 2.05) is 0 Å². The average Bonchev–Trinajstić information content (AvgIpc) is 1.90. The first-order valence-electron chi connectivity index (χ1n) is 3.81. The predicted octanol–water partition coefficient (Wildman–Crippen LogP) is 1.95. The van der Waals surface area contributed by atoms with Gasteiger partial charge in [0.05, 0.1) is 12.0 Å². The van der Waals surface area contributed by atoms with Gasteiger partial charge in [0.2, 0.25) is 0 Å². The molecule has 0 saturated heterocycles. The Hall–Kier alpha value is -0.510. The molecule has 1 heteroatoms. The van der Waals surface area contributed by atoms with Crippen LogP contribution in [0, 0.1) is 29.1 Å². The Kier molecular flexibility index (Phi) is 1.02. The van der Waals surface area contributed by atoms with Crippen molar-refractivity contribution in [3.8, 4) is 6.07 Å². The van der Waals surface area contributed by atoms with Gasteiger partial charge in [0, 0.05) is 0 Å². The Balaban J connectivity index is 2.07. The maximum atomic E-state index is 8.64. The minimum Gasteiger partial charge on any atom is -0.198 e. The molecule has 0 radical (unpaired) electrons. The van der Waals surface area contributed by atoms with Crippen LogP contribution >= 0.6 is 0 Å². The lowest BCUT2D eigenvalue weighted by Gasteiger charge is -2.45. The number of fused-ring (bicyclic) bond motifs is 2. The van der Waals surface area contributed by atoms with Gasteiger partial charge in [-0.2, -0.15) is 5.26 Å². The third-order valence-electron chi connectivity index (χ3n) is 2.92. The highest BCUT2D eigenvalue weighted by Gasteiger charge is 2.43. The van der Waals surface area contributed by atoms with Crippen LogP contribution in [-0.4, -0.2) is 0 Å². The highest BCUT2D eigenvalue weighted by molar-refractivity contribution is 5.03. The van der Waals surface area contributed by atoms with Crippen LogP contribution < -0.4 is 0 Å². The van der Waals surface area contributed by atoms with E-state index in [1.165, 1.54) is 25.7 Å². The molecule has 0 aromatic carbocycles. The molecule has 3 aliphatic rings. The van der Waals surface area contributed by atoms with Crippen molar-refractivity contribution in [3.05, 3.63) is 0 Å². The Morgan fingerprint density at radius 3 is 2.22 bits per heavy atom. The lowest BCUT2D eigenvalue weighted by atomic mass is 9.58. The molecule has 1 nitrogen and oxygen atoms in total. The van der Waals surface area contributed by atoms with E-state index in [-0.39, 0.29) is 0 Å². The van der Waals surface area contributed by atoms with Gasteiger partial charge in [0.1, 0.15) is 0 Å². The van der Waals surface area contributed by atoms with Crippen LogP contribution in [0.1, 0.15) is 25.7 Å². The first-order valence-corrected chi connectivity index (χ1v) is 3.81. The van der Waals surface area contributed by atoms with Crippen LogP contribution in [0.3, 0.4) is 0 Å². The quantitative estimate of drug-likeness (QED) is 0.480. The van der Waals surface area contributed by atoms with Crippen LogP contribution in [0.4, 0.5) is 0 Å². The van der Waals surface area contributed by atoms with Gasteiger partial charge < -0.3 is 0 Å². The molecule has 2 unspecified atom stereocenters. The van der Waals surface area contributed by atoms with Gasteiger partial charge in [0.25, 0.3) is 0 Å². The highest BCUT2D eigenvalue weighted by Crippen LogP contribution is 2.49. The fraction of sp³-hybridized carbons (Fsp3) is 0.875. The normalized spacial score (nSPS) is 47.2. The van der Waals surface area contributed by atoms with Gasteiger partial charge in [0.15, 0.2) is 0 Å². The summed E-state index contributed by atoms with van der Waals surface area (Å²) >= 11 is 0. The van der Waals surface area contributed by atoms with E-state index in [1.54, 1.807) is 0 Å². The second kappa shape index (κ2) is 1.73. The zero-order valence-electron chi connectivity index (χ0n) is 5.51. The Morgan fingerprint density at radius 1 is 1.22 bits per heavy atom. The molecule has 0 heterocycles. The van der Waals surface area contributed by atoms with Gasteiger partial charge in [-0.25, -0.2) is 0 Å². The van der Waals surface area contributed by atoms with Gasteiger partial charge in [-0.1, -0.05) is 6.42 Å². The standard InChI is InChI=1S/C8H11N/c9-5-8-6-2-1-3-7(8)4-6/h6-8H,1-4H2. The zero-order chi connectivity index (χ0) is 6.27. The molecule has 3 fully saturated rings. The Labute approximate surface area is 55.7 Å². The van der Waals surface area contributed by atoms with Crippen molar-refractivity contribution in [2.75, 3.05) is 0 Å². The summed E-state index contributed by atoms with van der Waals surface area (Å²) in [5.74, 6) is 2.06. The molecule has 2 atom stereocenters. The average molecular weight is 121 g/mol. The monoisotopic (exact) mass is 121 g/mol. The van der Waals surface area contributed by atoms with Gasteiger partial charge in [-0.3, -0.25) is 0 Å². The molecule has 3 saturated carbocycles. The lowest BCUT2D eigenvalue weighted by Crippen LogP contribution is -2.39. The smallest absolute Gasteiger partial charge is 0.0661 e. The van der Waals surface area contributed by atoms with Crippen molar-refractivity contribution in [1.29, 1.82) is 5.26 Å². The Morgan fingerprint density at radius 2 is 1.89 bits per heavy atom. The molecule has 3 rings (SSSR count). The van der Waals surface area contributed by atoms with E-state index >= 15 is 0 Å². The van der Waals surface area contributed by atoms with E-state index in [2.05, 4.69) is 6.07 Å². The predicted molar refractivity (Wildman–Crippen MR) is 34.6 cm³/mol. The fourth-order valence-electron chi connectivity index (χ4n) is 2.32. The van der Waals surface area contributed by atoms with Crippen molar-refractivity contribution < 1.29 is 0 Å². The van der Waals surface area contributed by atoms with Crippen LogP contribution in [0.5, 0.6) is 0 Å². The molecule has 0 N–H and O–H groups in total. The second-order valence-corrected chi connectivity index (χ2v) is 3.34. The molecule has 9 heavy (non-hydrogen) atoms. The first kappa shape index (κ1) is 5.29. The number of rotatable bonds is 0. The number of hydrogen-bond acceptors (Lipinski definition) is 1. The maximum absolute atomic E-state index is 8.64. The molecule has 3 aliphatic carbocycles. The van der Waals surface area contributed by atoms with Crippen molar-refractivity contribution in [2.24, 2.45) is 17.8 Å². The summed E-state index contributed by atoms with van der Waals surface area (Å²) in [4.78, 5) is 0. The van der Waals surface area contributed by atoms with Crippen molar-refractivity contribution in [3.63, 3.8) is 0 Å². The van der Waals surface area contributed by atoms with E-state index in [9.17, 15) is 0 Å². The topological polar surface area (TPSA) is 23.8 Å². The summed E-state index contributed by atoms with van der Waals surface area (Å²) in [5, 5.41) is 8.64. The van der Waals surface area contributed by atoms with Gasteiger partial charge >= 0.3 is 0 Å². The van der Waals surface area contributed by atoms with Crippen molar-refractivity contribution in [2.45, 2.75) is 25.7 Å². The SMILES string of the molecule is N#CC1C2CCCC1C2. The molecule has 2 bridgehead atoms. The highest BCUT2D eigenvalue weighted by atomic mass is 14.5. The van der Waals surface area contributed by atoms with E-state index in [4.69, 9.17) is 5.26 Å². The van der Waals surface area contributed by atoms with Gasteiger partial charge in [-0.05, 0) is 31.1 Å². The molecular formula is C8H11N. The molecule has 0 spiro atoms. The maximum Gasteiger partial charge on any atom is 0.0661 e. The van der Waals surface area contributed by atoms with Crippen LogP contribution in [0.25, 0.3) is 0 Å². The first-order chi connectivity index (χ1) is 4.42. The summed E-state index contributed by atoms with van der Waals surface area (Å²) in [6, 6.07) is 2.40. The summed E-state index contributed by atoms with van der Waals surface area (Å²) in [5.41, 5.74) is 0. The minimum atomic E-state index is 0.457. The van der Waals surface area contributed by atoms with E-state index in [0.29, 0.717) is 5.92 Å². The van der Waals surface area contributed by atoms with Crippen molar-refractivity contribution in [1.82, 2.24) is 0 Å². The molecule has 0 aromatic heterocycles. The number of hydrogen-bond donors (Lipinski definition) is 0. The van der Waals surface area contributed by atoms with E-state index < -0.39 is 0 Å². The van der Waals surface area contributed by atoms with Crippen molar-refractivity contribution >= 4 is 0 Å². The van der Waals surface area contributed by atoms with Crippen LogP contribution in [0.2, 0.25) is 0 Å². The second-order valence-electron chi connectivity index (χ2n) is 3.34. The van der Waals surface area contributed by atoms with Crippen LogP contribution in [0.15, 0.2) is 0 Å². The third-order valence-corrected chi connectivity index (χ3v) is 2.92. The summed E-state index contributed by atoms with van der Waals surface area (Å²) in [6.45, 7) is 0. The summed E-state index contributed by atoms with van der Waals surface area (Å²) < 4.78 is 0. The fourth-order valence-corrected chi connectivity index (χ4v) is 2.32. The lowest BCUT2D eigenvalue weighted by molar-refractivity contribution is 0.0551. The third kappa shape index (κ3) is 0.594. The minimum absolute atomic E-state index is 0.457. The number of nitrogens with zero attached hydrogens (tertiary/aromatic N) is 1. The summed E-state index contributed by atoms with van der Waals surface area (Å²) in [6.07, 6.45) is 5.40. The van der Waals surface area contributed by atoms with E-state index in [0.717, 1.165) is 11.8 Å². The Bertz CT molecular complexity index is 142. The molecule has 0 amide bonds. The number of nitriles is 1.